The molecule has 2 aromatic carbocycles. The van der Waals surface area contributed by atoms with Crippen LogP contribution in [0.15, 0.2) is 54.6 Å². The topological polar surface area (TPSA) is 99.8 Å². The average molecular weight is 447 g/mol. The highest BCUT2D eigenvalue weighted by molar-refractivity contribution is 5.68. The van der Waals surface area contributed by atoms with Gasteiger partial charge in [0.2, 0.25) is 0 Å². The molecule has 2 aliphatic heterocycles. The number of nitrogen functional groups attached to an aromatic ring is 1. The SMILES string of the molecule is Nc1nnc(-c2ccccc2O)cc1O[C@H]1CCCN(c2ccc(N3CCNCC3)cc2)C1. The number of nitrogens with one attached hydrogen (secondary N) is 1. The van der Waals surface area contributed by atoms with E-state index in [1.807, 2.05) is 6.07 Å². The van der Waals surface area contributed by atoms with Gasteiger partial charge in [-0.05, 0) is 49.2 Å². The van der Waals surface area contributed by atoms with Gasteiger partial charge >= 0.3 is 0 Å². The fourth-order valence-electron chi connectivity index (χ4n) is 4.55. The summed E-state index contributed by atoms with van der Waals surface area (Å²) in [7, 11) is 0. The molecule has 0 aliphatic carbocycles. The molecule has 0 spiro atoms. The molecule has 3 aromatic rings. The lowest BCUT2D eigenvalue weighted by Gasteiger charge is -2.35. The molecule has 1 atom stereocenters. The first-order chi connectivity index (χ1) is 16.2. The van der Waals surface area contributed by atoms with Crippen LogP contribution in [0.4, 0.5) is 17.2 Å². The van der Waals surface area contributed by atoms with Crippen molar-refractivity contribution in [1.82, 2.24) is 15.5 Å². The fourth-order valence-corrected chi connectivity index (χ4v) is 4.55. The van der Waals surface area contributed by atoms with Crippen molar-refractivity contribution in [3.05, 3.63) is 54.6 Å². The van der Waals surface area contributed by atoms with E-state index >= 15 is 0 Å². The molecule has 5 rings (SSSR count). The monoisotopic (exact) mass is 446 g/mol. The van der Waals surface area contributed by atoms with Gasteiger partial charge in [-0.25, -0.2) is 0 Å². The third-order valence-electron chi connectivity index (χ3n) is 6.33. The molecule has 172 valence electrons. The summed E-state index contributed by atoms with van der Waals surface area (Å²) < 4.78 is 6.29. The maximum Gasteiger partial charge on any atom is 0.188 e. The standard InChI is InChI=1S/C25H30N6O2/c26-25-24(16-22(28-29-25)21-5-1-2-6-23(21)32)33-20-4-3-13-31(17-20)19-9-7-18(8-10-19)30-14-11-27-12-15-30/h1-2,5-10,16,20,27,32H,3-4,11-15,17H2,(H2,26,29)/t20-/m0/s1. The molecule has 2 fully saturated rings. The number of benzene rings is 2. The second-order valence-electron chi connectivity index (χ2n) is 8.58. The van der Waals surface area contributed by atoms with E-state index in [2.05, 4.69) is 49.6 Å². The predicted molar refractivity (Wildman–Crippen MR) is 131 cm³/mol. The highest BCUT2D eigenvalue weighted by atomic mass is 16.5. The summed E-state index contributed by atoms with van der Waals surface area (Å²) >= 11 is 0. The number of hydrogen-bond acceptors (Lipinski definition) is 8. The van der Waals surface area contributed by atoms with Crippen LogP contribution >= 0.6 is 0 Å². The second-order valence-corrected chi connectivity index (χ2v) is 8.58. The van der Waals surface area contributed by atoms with Crippen molar-refractivity contribution in [1.29, 1.82) is 0 Å². The first-order valence-electron chi connectivity index (χ1n) is 11.6. The van der Waals surface area contributed by atoms with Crippen LogP contribution in [0.3, 0.4) is 0 Å². The van der Waals surface area contributed by atoms with Crippen molar-refractivity contribution in [3.8, 4) is 22.8 Å². The molecule has 2 saturated heterocycles. The number of para-hydroxylation sites is 1. The van der Waals surface area contributed by atoms with Crippen LogP contribution in [-0.4, -0.2) is 60.7 Å². The van der Waals surface area contributed by atoms with Crippen molar-refractivity contribution < 1.29 is 9.84 Å². The number of nitrogens with zero attached hydrogens (tertiary/aromatic N) is 4. The van der Waals surface area contributed by atoms with Crippen molar-refractivity contribution >= 4 is 17.2 Å². The van der Waals surface area contributed by atoms with Gasteiger partial charge in [-0.1, -0.05) is 12.1 Å². The maximum atomic E-state index is 10.2. The molecular weight excluding hydrogens is 416 g/mol. The molecule has 0 unspecified atom stereocenters. The number of piperidine rings is 1. The number of aromatic nitrogens is 2. The Morgan fingerprint density at radius 2 is 1.67 bits per heavy atom. The Hall–Kier alpha value is -3.52. The van der Waals surface area contributed by atoms with E-state index in [0.29, 0.717) is 17.0 Å². The van der Waals surface area contributed by atoms with Gasteiger partial charge in [-0.15, -0.1) is 10.2 Å². The van der Waals surface area contributed by atoms with Gasteiger partial charge in [0, 0.05) is 55.7 Å². The van der Waals surface area contributed by atoms with Crippen molar-refractivity contribution in [2.75, 3.05) is 54.8 Å². The van der Waals surface area contributed by atoms with Crippen molar-refractivity contribution in [2.45, 2.75) is 18.9 Å². The third-order valence-corrected chi connectivity index (χ3v) is 6.33. The van der Waals surface area contributed by atoms with E-state index in [9.17, 15) is 5.11 Å². The lowest BCUT2D eigenvalue weighted by molar-refractivity contribution is 0.180. The minimum absolute atomic E-state index is 0.00434. The lowest BCUT2D eigenvalue weighted by Crippen LogP contribution is -2.43. The first-order valence-corrected chi connectivity index (χ1v) is 11.6. The Balaban J connectivity index is 1.28. The number of rotatable bonds is 5. The minimum Gasteiger partial charge on any atom is -0.507 e. The van der Waals surface area contributed by atoms with E-state index in [1.165, 1.54) is 11.4 Å². The smallest absolute Gasteiger partial charge is 0.188 e. The maximum absolute atomic E-state index is 10.2. The Kier molecular flexibility index (Phi) is 6.17. The zero-order valence-electron chi connectivity index (χ0n) is 18.7. The number of phenolic OH excluding ortho intramolecular Hbond substituents is 1. The molecule has 8 heteroatoms. The van der Waals surface area contributed by atoms with Gasteiger partial charge in [0.15, 0.2) is 11.6 Å². The molecule has 0 radical (unpaired) electrons. The fraction of sp³-hybridized carbons (Fsp3) is 0.360. The van der Waals surface area contributed by atoms with Crippen LogP contribution in [0.25, 0.3) is 11.3 Å². The Morgan fingerprint density at radius 1 is 0.939 bits per heavy atom. The van der Waals surface area contributed by atoms with E-state index in [4.69, 9.17) is 10.5 Å². The van der Waals surface area contributed by atoms with E-state index in [0.717, 1.165) is 52.1 Å². The second kappa shape index (κ2) is 9.54. The van der Waals surface area contributed by atoms with Crippen LogP contribution < -0.4 is 25.6 Å². The first kappa shape index (κ1) is 21.3. The number of anilines is 3. The van der Waals surface area contributed by atoms with Gasteiger partial charge in [-0.2, -0.15) is 0 Å². The summed E-state index contributed by atoms with van der Waals surface area (Å²) in [5.74, 6) is 0.909. The zero-order valence-corrected chi connectivity index (χ0v) is 18.7. The van der Waals surface area contributed by atoms with Gasteiger partial charge in [0.1, 0.15) is 17.5 Å². The van der Waals surface area contributed by atoms with Crippen LogP contribution in [0.5, 0.6) is 11.5 Å². The molecule has 33 heavy (non-hydrogen) atoms. The number of nitrogens with two attached hydrogens (primary N) is 1. The summed E-state index contributed by atoms with van der Waals surface area (Å²) in [5, 5.41) is 21.8. The number of aromatic hydroxyl groups is 1. The van der Waals surface area contributed by atoms with Gasteiger partial charge in [0.25, 0.3) is 0 Å². The van der Waals surface area contributed by atoms with Crippen molar-refractivity contribution in [2.24, 2.45) is 0 Å². The van der Waals surface area contributed by atoms with Crippen molar-refractivity contribution in [3.63, 3.8) is 0 Å². The molecule has 3 heterocycles. The Morgan fingerprint density at radius 3 is 2.42 bits per heavy atom. The van der Waals surface area contributed by atoms with Gasteiger partial charge in [-0.3, -0.25) is 0 Å². The van der Waals surface area contributed by atoms with Crippen LogP contribution in [-0.2, 0) is 0 Å². The van der Waals surface area contributed by atoms with Gasteiger partial charge < -0.3 is 30.7 Å². The quantitative estimate of drug-likeness (QED) is 0.550. The molecular formula is C25H30N6O2. The van der Waals surface area contributed by atoms with Gasteiger partial charge in [0.05, 0.1) is 6.54 Å². The third kappa shape index (κ3) is 4.80. The summed E-state index contributed by atoms with van der Waals surface area (Å²) in [6.07, 6.45) is 1.98. The minimum atomic E-state index is -0.00434. The summed E-state index contributed by atoms with van der Waals surface area (Å²) in [6.45, 7) is 5.93. The lowest BCUT2D eigenvalue weighted by atomic mass is 10.1. The summed E-state index contributed by atoms with van der Waals surface area (Å²) in [6, 6.07) is 17.7. The molecule has 0 saturated carbocycles. The summed E-state index contributed by atoms with van der Waals surface area (Å²) in [4.78, 5) is 4.79. The molecule has 0 bridgehead atoms. The zero-order chi connectivity index (χ0) is 22.6. The van der Waals surface area contributed by atoms with Crippen LogP contribution in [0.1, 0.15) is 12.8 Å². The highest BCUT2D eigenvalue weighted by Crippen LogP contribution is 2.32. The van der Waals surface area contributed by atoms with Crippen LogP contribution in [0.2, 0.25) is 0 Å². The Bertz CT molecular complexity index is 1080. The molecule has 4 N–H and O–H groups in total. The van der Waals surface area contributed by atoms with E-state index < -0.39 is 0 Å². The molecule has 2 aliphatic rings. The molecule has 8 nitrogen and oxygen atoms in total. The van der Waals surface area contributed by atoms with E-state index in [-0.39, 0.29) is 17.7 Å². The van der Waals surface area contributed by atoms with E-state index in [1.54, 1.807) is 24.3 Å². The highest BCUT2D eigenvalue weighted by Gasteiger charge is 2.23. The number of piperazine rings is 1. The summed E-state index contributed by atoms with van der Waals surface area (Å²) in [5.41, 5.74) is 9.69. The number of phenols is 1. The molecule has 0 amide bonds. The normalized spacial score (nSPS) is 18.8. The largest absolute Gasteiger partial charge is 0.507 e. The number of hydrogen-bond donors (Lipinski definition) is 3. The Labute approximate surface area is 194 Å². The number of ether oxygens (including phenoxy) is 1. The van der Waals surface area contributed by atoms with Crippen LogP contribution in [0, 0.1) is 0 Å². The average Bonchev–Trinajstić information content (AvgIpc) is 2.87. The molecule has 1 aromatic heterocycles. The predicted octanol–water partition coefficient (Wildman–Crippen LogP) is 2.89.